The molecular weight excluding hydrogens is 241 g/mol. The molecule has 1 aliphatic carbocycles. The second kappa shape index (κ2) is 3.80. The summed E-state index contributed by atoms with van der Waals surface area (Å²) in [6.45, 7) is 8.19. The first-order valence-electron chi connectivity index (χ1n) is 6.47. The van der Waals surface area contributed by atoms with Crippen LogP contribution in [0, 0.1) is 0 Å². The van der Waals surface area contributed by atoms with Gasteiger partial charge in [-0.25, -0.2) is 9.98 Å². The van der Waals surface area contributed by atoms with Crippen LogP contribution >= 0.6 is 0 Å². The zero-order valence-electron chi connectivity index (χ0n) is 11.7. The first kappa shape index (κ1) is 12.6. The van der Waals surface area contributed by atoms with Crippen LogP contribution in [0.5, 0.6) is 0 Å². The molecule has 6 heteroatoms. The molecule has 2 heterocycles. The summed E-state index contributed by atoms with van der Waals surface area (Å²) in [5, 5.41) is 0. The first-order chi connectivity index (χ1) is 8.78. The van der Waals surface area contributed by atoms with Gasteiger partial charge in [0.15, 0.2) is 0 Å². The summed E-state index contributed by atoms with van der Waals surface area (Å²) in [6.07, 6.45) is 4.59. The quantitative estimate of drug-likeness (QED) is 0.727. The molecule has 0 aromatic carbocycles. The highest BCUT2D eigenvalue weighted by Crippen LogP contribution is 2.40. The Labute approximate surface area is 113 Å². The van der Waals surface area contributed by atoms with Crippen molar-refractivity contribution in [3.05, 3.63) is 23.3 Å². The molecule has 5 nitrogen and oxygen atoms in total. The highest BCUT2D eigenvalue weighted by molar-refractivity contribution is 6.55. The summed E-state index contributed by atoms with van der Waals surface area (Å²) in [5.74, 6) is 0.324. The van der Waals surface area contributed by atoms with Crippen molar-refractivity contribution in [2.75, 3.05) is 0 Å². The molecule has 2 aliphatic heterocycles. The Morgan fingerprint density at radius 3 is 2.37 bits per heavy atom. The third kappa shape index (κ3) is 1.95. The molecule has 0 atom stereocenters. The SMILES string of the molecule is CC1(C)OB(C2=CC=C3N=C(N)N=C3C2)OC1(C)C. The van der Waals surface area contributed by atoms with E-state index in [2.05, 4.69) is 9.98 Å². The molecule has 0 amide bonds. The summed E-state index contributed by atoms with van der Waals surface area (Å²) in [4.78, 5) is 8.38. The number of hydrogen-bond acceptors (Lipinski definition) is 5. The fraction of sp³-hybridized carbons (Fsp3) is 0.538. The predicted molar refractivity (Wildman–Crippen MR) is 75.9 cm³/mol. The van der Waals surface area contributed by atoms with Gasteiger partial charge < -0.3 is 15.0 Å². The number of fused-ring (bicyclic) bond motifs is 1. The number of nitrogens with zero attached hydrogens (tertiary/aromatic N) is 2. The fourth-order valence-corrected chi connectivity index (χ4v) is 2.27. The number of aliphatic imine (C=N–C) groups is 2. The zero-order chi connectivity index (χ0) is 13.8. The lowest BCUT2D eigenvalue weighted by molar-refractivity contribution is 0.00578. The van der Waals surface area contributed by atoms with E-state index in [4.69, 9.17) is 15.0 Å². The minimum absolute atomic E-state index is 0.324. The molecule has 0 bridgehead atoms. The monoisotopic (exact) mass is 259 g/mol. The second-order valence-electron chi connectivity index (χ2n) is 6.09. The molecule has 0 radical (unpaired) electrons. The molecule has 2 N–H and O–H groups in total. The van der Waals surface area contributed by atoms with Crippen molar-refractivity contribution in [1.82, 2.24) is 0 Å². The number of rotatable bonds is 1. The second-order valence-corrected chi connectivity index (χ2v) is 6.09. The smallest absolute Gasteiger partial charge is 0.400 e. The van der Waals surface area contributed by atoms with Gasteiger partial charge in [0, 0.05) is 6.42 Å². The molecule has 1 fully saturated rings. The van der Waals surface area contributed by atoms with Crippen molar-refractivity contribution in [3.8, 4) is 0 Å². The van der Waals surface area contributed by atoms with Gasteiger partial charge in [-0.15, -0.1) is 0 Å². The van der Waals surface area contributed by atoms with Crippen molar-refractivity contribution >= 4 is 18.8 Å². The topological polar surface area (TPSA) is 69.2 Å². The third-order valence-corrected chi connectivity index (χ3v) is 4.16. The Morgan fingerprint density at radius 2 is 1.74 bits per heavy atom. The maximum absolute atomic E-state index is 6.04. The molecule has 3 rings (SSSR count). The van der Waals surface area contributed by atoms with Crippen molar-refractivity contribution in [2.45, 2.75) is 45.3 Å². The van der Waals surface area contributed by atoms with E-state index in [0.717, 1.165) is 16.9 Å². The van der Waals surface area contributed by atoms with Crippen molar-refractivity contribution in [2.24, 2.45) is 15.7 Å². The normalized spacial score (nSPS) is 27.5. The lowest BCUT2D eigenvalue weighted by atomic mass is 9.73. The van der Waals surface area contributed by atoms with Gasteiger partial charge in [-0.1, -0.05) is 6.08 Å². The maximum Gasteiger partial charge on any atom is 0.490 e. The summed E-state index contributed by atoms with van der Waals surface area (Å²) >= 11 is 0. The van der Waals surface area contributed by atoms with E-state index in [-0.39, 0.29) is 18.3 Å². The van der Waals surface area contributed by atoms with E-state index in [1.54, 1.807) is 0 Å². The zero-order valence-corrected chi connectivity index (χ0v) is 11.7. The van der Waals surface area contributed by atoms with Gasteiger partial charge in [-0.2, -0.15) is 0 Å². The Kier molecular flexibility index (Phi) is 2.53. The highest BCUT2D eigenvalue weighted by atomic mass is 16.7. The van der Waals surface area contributed by atoms with Crippen LogP contribution in [0.25, 0.3) is 0 Å². The Balaban J connectivity index is 1.83. The largest absolute Gasteiger partial charge is 0.490 e. The highest BCUT2D eigenvalue weighted by Gasteiger charge is 2.52. The van der Waals surface area contributed by atoms with Gasteiger partial charge in [0.2, 0.25) is 5.96 Å². The summed E-state index contributed by atoms with van der Waals surface area (Å²) < 4.78 is 12.1. The number of nitrogens with two attached hydrogens (primary N) is 1. The van der Waals surface area contributed by atoms with E-state index in [9.17, 15) is 0 Å². The van der Waals surface area contributed by atoms with Crippen molar-refractivity contribution in [1.29, 1.82) is 0 Å². The summed E-state index contributed by atoms with van der Waals surface area (Å²) in [5.41, 5.74) is 7.77. The van der Waals surface area contributed by atoms with Crippen molar-refractivity contribution < 1.29 is 9.31 Å². The Morgan fingerprint density at radius 1 is 1.11 bits per heavy atom. The first-order valence-corrected chi connectivity index (χ1v) is 6.47. The number of hydrogen-bond donors (Lipinski definition) is 1. The Bertz CT molecular complexity index is 542. The molecule has 0 aromatic heterocycles. The lowest BCUT2D eigenvalue weighted by Crippen LogP contribution is -2.41. The van der Waals surface area contributed by atoms with Crippen LogP contribution in [0.4, 0.5) is 0 Å². The molecule has 0 aromatic rings. The minimum atomic E-state index is -0.327. The molecule has 1 saturated heterocycles. The molecule has 19 heavy (non-hydrogen) atoms. The van der Waals surface area contributed by atoms with Crippen LogP contribution in [-0.2, 0) is 9.31 Å². The van der Waals surface area contributed by atoms with Crippen LogP contribution in [0.2, 0.25) is 0 Å². The standard InChI is InChI=1S/C13H18BN3O2/c1-12(2)13(3,4)19-14(18-12)8-5-6-9-10(7-8)17-11(15)16-9/h5-6H,7H2,1-4H3,(H2,15,16). The van der Waals surface area contributed by atoms with E-state index in [0.29, 0.717) is 12.4 Å². The molecule has 0 saturated carbocycles. The van der Waals surface area contributed by atoms with Gasteiger partial charge >= 0.3 is 7.12 Å². The molecule has 0 unspecified atom stereocenters. The Hall–Kier alpha value is -1.40. The maximum atomic E-state index is 6.04. The summed E-state index contributed by atoms with van der Waals surface area (Å²) in [7, 11) is -0.327. The van der Waals surface area contributed by atoms with Gasteiger partial charge in [-0.3, -0.25) is 0 Å². The van der Waals surface area contributed by atoms with Crippen LogP contribution in [0.15, 0.2) is 33.3 Å². The molecule has 3 aliphatic rings. The molecule has 0 spiro atoms. The van der Waals surface area contributed by atoms with Crippen molar-refractivity contribution in [3.63, 3.8) is 0 Å². The number of guanidine groups is 1. The van der Waals surface area contributed by atoms with Crippen LogP contribution in [0.3, 0.4) is 0 Å². The minimum Gasteiger partial charge on any atom is -0.400 e. The average Bonchev–Trinajstić information content (AvgIpc) is 2.74. The van der Waals surface area contributed by atoms with E-state index in [1.807, 2.05) is 39.8 Å². The van der Waals surface area contributed by atoms with Crippen LogP contribution in [0.1, 0.15) is 34.1 Å². The average molecular weight is 259 g/mol. The van der Waals surface area contributed by atoms with Gasteiger partial charge in [0.05, 0.1) is 22.6 Å². The van der Waals surface area contributed by atoms with Gasteiger partial charge in [-0.05, 0) is 39.2 Å². The molecular formula is C13H18BN3O2. The van der Waals surface area contributed by atoms with Gasteiger partial charge in [0.1, 0.15) is 0 Å². The van der Waals surface area contributed by atoms with Gasteiger partial charge in [0.25, 0.3) is 0 Å². The molecule has 100 valence electrons. The van der Waals surface area contributed by atoms with E-state index < -0.39 is 0 Å². The lowest BCUT2D eigenvalue weighted by Gasteiger charge is -2.32. The summed E-state index contributed by atoms with van der Waals surface area (Å²) in [6, 6.07) is 0. The van der Waals surface area contributed by atoms with Crippen LogP contribution < -0.4 is 5.73 Å². The predicted octanol–water partition coefficient (Wildman–Crippen LogP) is 1.60. The number of allylic oxidation sites excluding steroid dienone is 4. The van der Waals surface area contributed by atoms with E-state index in [1.165, 1.54) is 0 Å². The third-order valence-electron chi connectivity index (χ3n) is 4.16. The fourth-order valence-electron chi connectivity index (χ4n) is 2.27. The van der Waals surface area contributed by atoms with Crippen LogP contribution in [-0.4, -0.2) is 30.0 Å². The van der Waals surface area contributed by atoms with E-state index >= 15 is 0 Å².